The van der Waals surface area contributed by atoms with Gasteiger partial charge in [0.15, 0.2) is 0 Å². The van der Waals surface area contributed by atoms with Gasteiger partial charge in [-0.3, -0.25) is 0 Å². The molecule has 2 aromatic rings. The molecule has 3 rings (SSSR count). The van der Waals surface area contributed by atoms with E-state index in [-0.39, 0.29) is 5.54 Å². The third-order valence-electron chi connectivity index (χ3n) is 4.06. The molecule has 4 heteroatoms. The second-order valence-electron chi connectivity index (χ2n) is 5.64. The first-order valence-electron chi connectivity index (χ1n) is 7.09. The Morgan fingerprint density at radius 1 is 1.19 bits per heavy atom. The third kappa shape index (κ3) is 3.10. The Hall–Kier alpha value is -1.03. The minimum absolute atomic E-state index is 0.0543. The summed E-state index contributed by atoms with van der Waals surface area (Å²) in [5.41, 5.74) is 2.42. The molecule has 1 saturated heterocycles. The average Bonchev–Trinajstić information content (AvgIpc) is 2.51. The van der Waals surface area contributed by atoms with Crippen LogP contribution >= 0.6 is 27.5 Å². The molecule has 2 nitrogen and oxygen atoms in total. The van der Waals surface area contributed by atoms with E-state index in [0.29, 0.717) is 0 Å². The molecule has 1 atom stereocenters. The lowest BCUT2D eigenvalue weighted by Crippen LogP contribution is -2.56. The SMILES string of the molecule is CC1(c2ccccc2)CN(c2cc(Cl)ccc2Br)CCN1. The zero-order chi connectivity index (χ0) is 14.9. The van der Waals surface area contributed by atoms with Crippen LogP contribution in [0, 0.1) is 0 Å². The molecule has 1 fully saturated rings. The van der Waals surface area contributed by atoms with Crippen molar-refractivity contribution in [3.8, 4) is 0 Å². The quantitative estimate of drug-likeness (QED) is 0.847. The van der Waals surface area contributed by atoms with Crippen LogP contribution in [-0.2, 0) is 5.54 Å². The maximum atomic E-state index is 6.16. The first kappa shape index (κ1) is 14.9. The van der Waals surface area contributed by atoms with E-state index in [9.17, 15) is 0 Å². The van der Waals surface area contributed by atoms with Gasteiger partial charge in [-0.25, -0.2) is 0 Å². The van der Waals surface area contributed by atoms with Gasteiger partial charge in [0, 0.05) is 29.1 Å². The summed E-state index contributed by atoms with van der Waals surface area (Å²) in [6.07, 6.45) is 0. The number of piperazine rings is 1. The second-order valence-corrected chi connectivity index (χ2v) is 6.93. The maximum absolute atomic E-state index is 6.16. The molecule has 1 aliphatic rings. The molecule has 1 N–H and O–H groups in total. The fraction of sp³-hybridized carbons (Fsp3) is 0.294. The van der Waals surface area contributed by atoms with Gasteiger partial charge in [0.1, 0.15) is 0 Å². The summed E-state index contributed by atoms with van der Waals surface area (Å²) in [7, 11) is 0. The van der Waals surface area contributed by atoms with Crippen molar-refractivity contribution in [3.05, 3.63) is 63.6 Å². The molecule has 110 valence electrons. The summed E-state index contributed by atoms with van der Waals surface area (Å²) < 4.78 is 1.09. The molecule has 0 aliphatic carbocycles. The Morgan fingerprint density at radius 3 is 2.71 bits per heavy atom. The lowest BCUT2D eigenvalue weighted by molar-refractivity contribution is 0.332. The number of halogens is 2. The van der Waals surface area contributed by atoms with E-state index in [4.69, 9.17) is 11.6 Å². The number of nitrogens with one attached hydrogen (secondary N) is 1. The zero-order valence-corrected chi connectivity index (χ0v) is 14.3. The number of rotatable bonds is 2. The fourth-order valence-corrected chi connectivity index (χ4v) is 3.58. The van der Waals surface area contributed by atoms with Crippen LogP contribution in [0.2, 0.25) is 5.02 Å². The van der Waals surface area contributed by atoms with Gasteiger partial charge in [-0.05, 0) is 46.6 Å². The van der Waals surface area contributed by atoms with Crippen LogP contribution in [-0.4, -0.2) is 19.6 Å². The van der Waals surface area contributed by atoms with Crippen molar-refractivity contribution in [3.63, 3.8) is 0 Å². The van der Waals surface area contributed by atoms with Gasteiger partial charge in [0.25, 0.3) is 0 Å². The van der Waals surface area contributed by atoms with Gasteiger partial charge in [-0.2, -0.15) is 0 Å². The summed E-state index contributed by atoms with van der Waals surface area (Å²) in [5.74, 6) is 0. The number of hydrogen-bond donors (Lipinski definition) is 1. The van der Waals surface area contributed by atoms with E-state index in [1.54, 1.807) is 0 Å². The molecular formula is C17H18BrClN2. The van der Waals surface area contributed by atoms with Crippen LogP contribution in [0.3, 0.4) is 0 Å². The summed E-state index contributed by atoms with van der Waals surface area (Å²) in [6, 6.07) is 16.6. The Balaban J connectivity index is 1.91. The van der Waals surface area contributed by atoms with Crippen molar-refractivity contribution in [1.82, 2.24) is 5.32 Å². The molecule has 1 unspecified atom stereocenters. The Bertz CT molecular complexity index is 632. The summed E-state index contributed by atoms with van der Waals surface area (Å²) in [5, 5.41) is 4.43. The molecule has 0 radical (unpaired) electrons. The molecule has 1 aliphatic heterocycles. The maximum Gasteiger partial charge on any atom is 0.0584 e. The van der Waals surface area contributed by atoms with Crippen LogP contribution in [0.1, 0.15) is 12.5 Å². The predicted molar refractivity (Wildman–Crippen MR) is 93.2 cm³/mol. The first-order chi connectivity index (χ1) is 10.1. The van der Waals surface area contributed by atoms with Crippen LogP contribution in [0.15, 0.2) is 53.0 Å². The van der Waals surface area contributed by atoms with Crippen molar-refractivity contribution in [2.45, 2.75) is 12.5 Å². The van der Waals surface area contributed by atoms with Crippen LogP contribution in [0.4, 0.5) is 5.69 Å². The number of hydrogen-bond acceptors (Lipinski definition) is 2. The van der Waals surface area contributed by atoms with Crippen LogP contribution in [0.25, 0.3) is 0 Å². The predicted octanol–water partition coefficient (Wildman–Crippen LogP) is 4.43. The molecular weight excluding hydrogens is 348 g/mol. The van der Waals surface area contributed by atoms with Crippen molar-refractivity contribution in [1.29, 1.82) is 0 Å². The molecule has 0 aromatic heterocycles. The van der Waals surface area contributed by atoms with Crippen LogP contribution < -0.4 is 10.2 Å². The van der Waals surface area contributed by atoms with E-state index in [2.05, 4.69) is 63.4 Å². The van der Waals surface area contributed by atoms with Gasteiger partial charge in [0.2, 0.25) is 0 Å². The van der Waals surface area contributed by atoms with E-state index in [0.717, 1.165) is 34.8 Å². The second kappa shape index (κ2) is 5.99. The van der Waals surface area contributed by atoms with Crippen molar-refractivity contribution < 1.29 is 0 Å². The lowest BCUT2D eigenvalue weighted by Gasteiger charge is -2.43. The zero-order valence-electron chi connectivity index (χ0n) is 11.9. The van der Waals surface area contributed by atoms with E-state index < -0.39 is 0 Å². The first-order valence-corrected chi connectivity index (χ1v) is 8.26. The molecule has 2 aromatic carbocycles. The summed E-state index contributed by atoms with van der Waals surface area (Å²) >= 11 is 9.80. The highest BCUT2D eigenvalue weighted by Gasteiger charge is 2.32. The van der Waals surface area contributed by atoms with Gasteiger partial charge in [-0.15, -0.1) is 0 Å². The molecule has 0 spiro atoms. The number of nitrogens with zero attached hydrogens (tertiary/aromatic N) is 1. The van der Waals surface area contributed by atoms with Crippen molar-refractivity contribution in [2.75, 3.05) is 24.5 Å². The molecule has 21 heavy (non-hydrogen) atoms. The normalized spacial score (nSPS) is 22.3. The van der Waals surface area contributed by atoms with Gasteiger partial charge < -0.3 is 10.2 Å². The number of benzene rings is 2. The monoisotopic (exact) mass is 364 g/mol. The van der Waals surface area contributed by atoms with E-state index in [1.807, 2.05) is 18.2 Å². The van der Waals surface area contributed by atoms with E-state index >= 15 is 0 Å². The minimum atomic E-state index is -0.0543. The highest BCUT2D eigenvalue weighted by Crippen LogP contribution is 2.33. The molecule has 0 amide bonds. The third-order valence-corrected chi connectivity index (χ3v) is 4.97. The topological polar surface area (TPSA) is 15.3 Å². The van der Waals surface area contributed by atoms with Crippen LogP contribution in [0.5, 0.6) is 0 Å². The average molecular weight is 366 g/mol. The Labute approximate surface area is 139 Å². The Morgan fingerprint density at radius 2 is 1.95 bits per heavy atom. The number of anilines is 1. The van der Waals surface area contributed by atoms with Crippen molar-refractivity contribution >= 4 is 33.2 Å². The smallest absolute Gasteiger partial charge is 0.0584 e. The lowest BCUT2D eigenvalue weighted by atomic mass is 9.89. The minimum Gasteiger partial charge on any atom is -0.367 e. The molecule has 0 bridgehead atoms. The van der Waals surface area contributed by atoms with Gasteiger partial charge in [0.05, 0.1) is 11.2 Å². The highest BCUT2D eigenvalue weighted by atomic mass is 79.9. The standard InChI is InChI=1S/C17H18BrClN2/c1-17(13-5-3-2-4-6-13)12-21(10-9-20-17)16-11-14(19)7-8-15(16)18/h2-8,11,20H,9-10,12H2,1H3. The van der Waals surface area contributed by atoms with E-state index in [1.165, 1.54) is 5.56 Å². The van der Waals surface area contributed by atoms with Crippen molar-refractivity contribution in [2.24, 2.45) is 0 Å². The molecule has 1 heterocycles. The fourth-order valence-electron chi connectivity index (χ4n) is 2.92. The highest BCUT2D eigenvalue weighted by molar-refractivity contribution is 9.10. The van der Waals surface area contributed by atoms with Gasteiger partial charge in [-0.1, -0.05) is 41.9 Å². The molecule has 0 saturated carbocycles. The summed E-state index contributed by atoms with van der Waals surface area (Å²) in [6.45, 7) is 5.09. The Kier molecular flexibility index (Phi) is 4.25. The summed E-state index contributed by atoms with van der Waals surface area (Å²) in [4.78, 5) is 2.39. The van der Waals surface area contributed by atoms with Gasteiger partial charge >= 0.3 is 0 Å². The largest absolute Gasteiger partial charge is 0.367 e.